The van der Waals surface area contributed by atoms with Crippen molar-refractivity contribution in [3.63, 3.8) is 0 Å². The highest BCUT2D eigenvalue weighted by Gasteiger charge is 2.38. The number of carbonyl (C=O) groups excluding carboxylic acids is 2. The van der Waals surface area contributed by atoms with Crippen LogP contribution in [-0.4, -0.2) is 52.8 Å². The summed E-state index contributed by atoms with van der Waals surface area (Å²) in [5.74, 6) is 0.0696. The van der Waals surface area contributed by atoms with Gasteiger partial charge in [0.25, 0.3) is 6.43 Å². The smallest absolute Gasteiger partial charge is 0.253 e. The third-order valence-electron chi connectivity index (χ3n) is 6.01. The third-order valence-corrected chi connectivity index (χ3v) is 6.01. The summed E-state index contributed by atoms with van der Waals surface area (Å²) in [7, 11) is 0. The lowest BCUT2D eigenvalue weighted by atomic mass is 10.0. The average molecular weight is 462 g/mol. The Morgan fingerprint density at radius 2 is 2.00 bits per heavy atom. The van der Waals surface area contributed by atoms with Gasteiger partial charge in [-0.15, -0.1) is 0 Å². The molecule has 3 rings (SSSR count). The van der Waals surface area contributed by atoms with E-state index in [0.717, 1.165) is 16.3 Å². The zero-order valence-electron chi connectivity index (χ0n) is 19.4. The highest BCUT2D eigenvalue weighted by atomic mass is 19.3. The largest absolute Gasteiger partial charge is 0.383 e. The van der Waals surface area contributed by atoms with Crippen LogP contribution in [0, 0.1) is 5.92 Å². The summed E-state index contributed by atoms with van der Waals surface area (Å²) in [5, 5.41) is 7.48. The second kappa shape index (κ2) is 10.9. The van der Waals surface area contributed by atoms with Crippen LogP contribution in [0.4, 0.5) is 14.6 Å². The molecule has 1 aliphatic rings. The molecule has 4 N–H and O–H groups in total. The van der Waals surface area contributed by atoms with Gasteiger partial charge in [0.2, 0.25) is 11.8 Å². The molecular formula is C24H33F2N5O2. The fourth-order valence-electron chi connectivity index (χ4n) is 4.27. The van der Waals surface area contributed by atoms with Gasteiger partial charge < -0.3 is 16.0 Å². The number of carbonyl (C=O) groups is 2. The van der Waals surface area contributed by atoms with E-state index >= 15 is 0 Å². The molecule has 1 aromatic carbocycles. The Hall–Kier alpha value is -2.81. The second-order valence-electron chi connectivity index (χ2n) is 9.13. The number of aromatic nitrogens is 1. The van der Waals surface area contributed by atoms with Crippen molar-refractivity contribution in [1.29, 1.82) is 0 Å². The van der Waals surface area contributed by atoms with Crippen molar-refractivity contribution in [1.82, 2.24) is 20.5 Å². The number of nitrogens with one attached hydrogen (secondary N) is 2. The first-order valence-electron chi connectivity index (χ1n) is 11.4. The number of hydrogen-bond donors (Lipinski definition) is 3. The molecule has 7 nitrogen and oxygen atoms in total. The standard InChI is InChI=1S/C24H33F2N5O2/c1-14(2)11-19(30-15(3)21(25)26)24(33)31-10-4-5-20(31)23(32)29-13-16-6-7-18-17(12-16)8-9-28-22(18)27/h6-9,12,14-15,19-21,30H,4-5,10-11,13H2,1-3H3,(H2,27,28)(H,29,32)/t15?,19-,20+/m1/s1. The average Bonchev–Trinajstić information content (AvgIpc) is 3.26. The Balaban J connectivity index is 1.66. The summed E-state index contributed by atoms with van der Waals surface area (Å²) in [4.78, 5) is 31.8. The van der Waals surface area contributed by atoms with Crippen LogP contribution in [0.2, 0.25) is 0 Å². The van der Waals surface area contributed by atoms with Crippen molar-refractivity contribution >= 4 is 28.4 Å². The van der Waals surface area contributed by atoms with E-state index in [4.69, 9.17) is 5.73 Å². The topological polar surface area (TPSA) is 100 Å². The predicted molar refractivity (Wildman–Crippen MR) is 125 cm³/mol. The fraction of sp³-hybridized carbons (Fsp3) is 0.542. The first-order chi connectivity index (χ1) is 15.7. The molecule has 2 aromatic rings. The molecule has 2 amide bonds. The Bertz CT molecular complexity index is 984. The zero-order valence-corrected chi connectivity index (χ0v) is 19.4. The van der Waals surface area contributed by atoms with E-state index < -0.39 is 24.6 Å². The number of rotatable bonds is 9. The van der Waals surface area contributed by atoms with Crippen molar-refractivity contribution in [3.05, 3.63) is 36.0 Å². The van der Waals surface area contributed by atoms with Gasteiger partial charge in [-0.2, -0.15) is 0 Å². The fourth-order valence-corrected chi connectivity index (χ4v) is 4.27. The molecule has 0 bridgehead atoms. The first-order valence-corrected chi connectivity index (χ1v) is 11.4. The van der Waals surface area contributed by atoms with Crippen molar-refractivity contribution in [2.75, 3.05) is 12.3 Å². The highest BCUT2D eigenvalue weighted by molar-refractivity contribution is 5.92. The molecule has 0 saturated carbocycles. The number of hydrogen-bond acceptors (Lipinski definition) is 5. The molecule has 1 fully saturated rings. The molecule has 33 heavy (non-hydrogen) atoms. The number of likely N-dealkylation sites (tertiary alicyclic amines) is 1. The van der Waals surface area contributed by atoms with Crippen molar-refractivity contribution < 1.29 is 18.4 Å². The summed E-state index contributed by atoms with van der Waals surface area (Å²) in [6, 6.07) is 5.10. The third kappa shape index (κ3) is 6.16. The van der Waals surface area contributed by atoms with Crippen LogP contribution in [0.5, 0.6) is 0 Å². The monoisotopic (exact) mass is 461 g/mol. The SMILES string of the molecule is CC(C)C[C@@H](NC(C)C(F)F)C(=O)N1CCC[C@H]1C(=O)NCc1ccc2c(N)nccc2c1. The van der Waals surface area contributed by atoms with Crippen LogP contribution in [0.15, 0.2) is 30.5 Å². The Morgan fingerprint density at radius 1 is 1.24 bits per heavy atom. The van der Waals surface area contributed by atoms with Gasteiger partial charge in [-0.05, 0) is 55.2 Å². The minimum absolute atomic E-state index is 0.142. The Labute approximate surface area is 193 Å². The second-order valence-corrected chi connectivity index (χ2v) is 9.13. The summed E-state index contributed by atoms with van der Waals surface area (Å²) >= 11 is 0. The van der Waals surface area contributed by atoms with E-state index in [9.17, 15) is 18.4 Å². The molecular weight excluding hydrogens is 428 g/mol. The Morgan fingerprint density at radius 3 is 2.70 bits per heavy atom. The number of nitrogens with zero attached hydrogens (tertiary/aromatic N) is 2. The number of alkyl halides is 2. The van der Waals surface area contributed by atoms with E-state index in [1.54, 1.807) is 11.1 Å². The maximum Gasteiger partial charge on any atom is 0.253 e. The lowest BCUT2D eigenvalue weighted by molar-refractivity contribution is -0.140. The predicted octanol–water partition coefficient (Wildman–Crippen LogP) is 3.08. The van der Waals surface area contributed by atoms with Gasteiger partial charge in [0.05, 0.1) is 12.1 Å². The molecule has 9 heteroatoms. The van der Waals surface area contributed by atoms with Crippen LogP contribution in [-0.2, 0) is 16.1 Å². The number of halogens is 2. The van der Waals surface area contributed by atoms with Gasteiger partial charge in [-0.3, -0.25) is 14.9 Å². The van der Waals surface area contributed by atoms with Crippen molar-refractivity contribution in [3.8, 4) is 0 Å². The quantitative estimate of drug-likeness (QED) is 0.533. The normalized spacial score (nSPS) is 18.2. The van der Waals surface area contributed by atoms with Crippen LogP contribution >= 0.6 is 0 Å². The maximum absolute atomic E-state index is 13.2. The molecule has 1 saturated heterocycles. The molecule has 1 aromatic heterocycles. The highest BCUT2D eigenvalue weighted by Crippen LogP contribution is 2.22. The number of anilines is 1. The number of benzene rings is 1. The van der Waals surface area contributed by atoms with Crippen LogP contribution in [0.1, 0.15) is 45.6 Å². The van der Waals surface area contributed by atoms with Gasteiger partial charge in [0.1, 0.15) is 11.9 Å². The number of amides is 2. The summed E-state index contributed by atoms with van der Waals surface area (Å²) < 4.78 is 26.2. The number of nitrogen functional groups attached to an aromatic ring is 1. The van der Waals surface area contributed by atoms with Crippen molar-refractivity contribution in [2.45, 2.75) is 71.1 Å². The summed E-state index contributed by atoms with van der Waals surface area (Å²) in [5.41, 5.74) is 6.80. The van der Waals surface area contributed by atoms with E-state index in [1.165, 1.54) is 6.92 Å². The van der Waals surface area contributed by atoms with Gasteiger partial charge >= 0.3 is 0 Å². The minimum Gasteiger partial charge on any atom is -0.383 e. The van der Waals surface area contributed by atoms with E-state index in [1.807, 2.05) is 38.1 Å². The lowest BCUT2D eigenvalue weighted by Crippen LogP contribution is -2.55. The maximum atomic E-state index is 13.2. The number of fused-ring (bicyclic) bond motifs is 1. The first kappa shape index (κ1) is 24.8. The van der Waals surface area contributed by atoms with Crippen LogP contribution in [0.3, 0.4) is 0 Å². The number of pyridine rings is 1. The molecule has 0 spiro atoms. The molecule has 3 atom stereocenters. The summed E-state index contributed by atoms with van der Waals surface area (Å²) in [6.07, 6.45) is 0.744. The van der Waals surface area contributed by atoms with Gasteiger partial charge in [0, 0.05) is 24.7 Å². The van der Waals surface area contributed by atoms with Crippen LogP contribution < -0.4 is 16.4 Å². The minimum atomic E-state index is -2.57. The van der Waals surface area contributed by atoms with Crippen molar-refractivity contribution in [2.24, 2.45) is 5.92 Å². The Kier molecular flexibility index (Phi) is 8.18. The van der Waals surface area contributed by atoms with Gasteiger partial charge in [-0.1, -0.05) is 26.0 Å². The van der Waals surface area contributed by atoms with Gasteiger partial charge in [-0.25, -0.2) is 13.8 Å². The molecule has 2 heterocycles. The van der Waals surface area contributed by atoms with Crippen LogP contribution in [0.25, 0.3) is 10.8 Å². The number of nitrogens with two attached hydrogens (primary N) is 1. The van der Waals surface area contributed by atoms with E-state index in [2.05, 4.69) is 15.6 Å². The van der Waals surface area contributed by atoms with Gasteiger partial charge in [0.15, 0.2) is 0 Å². The zero-order chi connectivity index (χ0) is 24.1. The molecule has 1 unspecified atom stereocenters. The van der Waals surface area contributed by atoms with E-state index in [0.29, 0.717) is 38.2 Å². The molecule has 0 radical (unpaired) electrons. The molecule has 180 valence electrons. The van der Waals surface area contributed by atoms with E-state index in [-0.39, 0.29) is 17.7 Å². The molecule has 1 aliphatic heterocycles. The lowest BCUT2D eigenvalue weighted by Gasteiger charge is -2.31. The molecule has 0 aliphatic carbocycles. The summed E-state index contributed by atoms with van der Waals surface area (Å²) in [6.45, 7) is 6.00.